The van der Waals surface area contributed by atoms with Crippen LogP contribution < -0.4 is 5.32 Å². The summed E-state index contributed by atoms with van der Waals surface area (Å²) < 4.78 is 2.03. The summed E-state index contributed by atoms with van der Waals surface area (Å²) >= 11 is 1.74. The van der Waals surface area contributed by atoms with Crippen LogP contribution in [-0.2, 0) is 4.79 Å². The number of aromatic nitrogens is 2. The SMILES string of the molecule is CC(=O)N(CCCSc1cn2ccccc2n1)CCNc1ccccc1. The summed E-state index contributed by atoms with van der Waals surface area (Å²) in [4.78, 5) is 18.3. The molecule has 0 saturated heterocycles. The number of carbonyl (C=O) groups is 1. The lowest BCUT2D eigenvalue weighted by atomic mass is 10.3. The zero-order valence-corrected chi connectivity index (χ0v) is 15.8. The number of carbonyl (C=O) groups excluding carboxylic acids is 1. The van der Waals surface area contributed by atoms with Crippen molar-refractivity contribution in [2.45, 2.75) is 18.4 Å². The first-order chi connectivity index (χ1) is 12.7. The quantitative estimate of drug-likeness (QED) is 0.461. The molecule has 0 aliphatic carbocycles. The molecule has 6 heteroatoms. The van der Waals surface area contributed by atoms with E-state index in [1.807, 2.05) is 70.2 Å². The Morgan fingerprint density at radius 1 is 1.15 bits per heavy atom. The lowest BCUT2D eigenvalue weighted by Gasteiger charge is -2.21. The summed E-state index contributed by atoms with van der Waals surface area (Å²) in [5.74, 6) is 1.07. The van der Waals surface area contributed by atoms with Gasteiger partial charge in [0, 0.05) is 50.4 Å². The minimum Gasteiger partial charge on any atom is -0.383 e. The van der Waals surface area contributed by atoms with E-state index in [9.17, 15) is 4.79 Å². The number of hydrogen-bond donors (Lipinski definition) is 1. The zero-order valence-electron chi connectivity index (χ0n) is 15.0. The number of thioether (sulfide) groups is 1. The fraction of sp³-hybridized carbons (Fsp3) is 0.300. The molecule has 0 aliphatic heterocycles. The minimum absolute atomic E-state index is 0.123. The first-order valence-corrected chi connectivity index (χ1v) is 9.82. The van der Waals surface area contributed by atoms with Crippen molar-refractivity contribution in [3.05, 3.63) is 60.9 Å². The van der Waals surface area contributed by atoms with Gasteiger partial charge in [-0.25, -0.2) is 4.98 Å². The molecule has 0 spiro atoms. The molecular weight excluding hydrogens is 344 g/mol. The van der Waals surface area contributed by atoms with Gasteiger partial charge in [-0.1, -0.05) is 24.3 Å². The van der Waals surface area contributed by atoms with E-state index in [2.05, 4.69) is 10.3 Å². The molecule has 1 N–H and O–H groups in total. The maximum absolute atomic E-state index is 11.8. The Kier molecular flexibility index (Phi) is 6.55. The summed E-state index contributed by atoms with van der Waals surface area (Å²) in [5.41, 5.74) is 2.05. The molecular formula is C20H24N4OS. The molecule has 0 bridgehead atoms. The Labute approximate surface area is 158 Å². The third-order valence-electron chi connectivity index (χ3n) is 4.09. The number of hydrogen-bond acceptors (Lipinski definition) is 4. The van der Waals surface area contributed by atoms with E-state index >= 15 is 0 Å². The molecule has 3 rings (SSSR count). The molecule has 0 aliphatic rings. The van der Waals surface area contributed by atoms with Crippen LogP contribution in [0.15, 0.2) is 66.0 Å². The van der Waals surface area contributed by atoms with Crippen LogP contribution in [0, 0.1) is 0 Å². The highest BCUT2D eigenvalue weighted by atomic mass is 32.2. The summed E-state index contributed by atoms with van der Waals surface area (Å²) in [7, 11) is 0. The van der Waals surface area contributed by atoms with Crippen molar-refractivity contribution in [1.82, 2.24) is 14.3 Å². The van der Waals surface area contributed by atoms with Crippen molar-refractivity contribution in [2.75, 3.05) is 30.7 Å². The molecule has 2 aromatic heterocycles. The van der Waals surface area contributed by atoms with E-state index in [0.29, 0.717) is 6.54 Å². The van der Waals surface area contributed by atoms with Crippen LogP contribution in [0.25, 0.3) is 5.65 Å². The lowest BCUT2D eigenvalue weighted by Crippen LogP contribution is -2.34. The average Bonchev–Trinajstić information content (AvgIpc) is 3.07. The standard InChI is InChI=1S/C20H24N4OS/c1-17(25)23(14-11-21-18-8-3-2-4-9-18)13-7-15-26-20-16-24-12-6-5-10-19(24)22-20/h2-6,8-10,12,16,21H,7,11,13-15H2,1H3. The number of anilines is 1. The predicted octanol–water partition coefficient (Wildman–Crippen LogP) is 3.78. The molecule has 5 nitrogen and oxygen atoms in total. The van der Waals surface area contributed by atoms with Crippen LogP contribution in [0.3, 0.4) is 0 Å². The molecule has 26 heavy (non-hydrogen) atoms. The number of benzene rings is 1. The van der Waals surface area contributed by atoms with Gasteiger partial charge in [0.25, 0.3) is 0 Å². The molecule has 3 aromatic rings. The second kappa shape index (κ2) is 9.29. The fourth-order valence-electron chi connectivity index (χ4n) is 2.73. The van der Waals surface area contributed by atoms with Gasteiger partial charge < -0.3 is 14.6 Å². The first-order valence-electron chi connectivity index (χ1n) is 8.83. The van der Waals surface area contributed by atoms with Gasteiger partial charge in [0.05, 0.1) is 0 Å². The molecule has 0 fully saturated rings. The van der Waals surface area contributed by atoms with Crippen molar-refractivity contribution in [2.24, 2.45) is 0 Å². The fourth-order valence-corrected chi connectivity index (χ4v) is 3.56. The van der Waals surface area contributed by atoms with Crippen LogP contribution in [0.4, 0.5) is 5.69 Å². The van der Waals surface area contributed by atoms with E-state index in [1.54, 1.807) is 18.7 Å². The van der Waals surface area contributed by atoms with Gasteiger partial charge in [0.2, 0.25) is 5.91 Å². The molecule has 0 radical (unpaired) electrons. The third-order valence-corrected chi connectivity index (χ3v) is 5.08. The third kappa shape index (κ3) is 5.26. The minimum atomic E-state index is 0.123. The van der Waals surface area contributed by atoms with Crippen molar-refractivity contribution in [1.29, 1.82) is 0 Å². The lowest BCUT2D eigenvalue weighted by molar-refractivity contribution is -0.128. The van der Waals surface area contributed by atoms with E-state index < -0.39 is 0 Å². The predicted molar refractivity (Wildman–Crippen MR) is 108 cm³/mol. The summed E-state index contributed by atoms with van der Waals surface area (Å²) in [6.45, 7) is 3.87. The second-order valence-corrected chi connectivity index (χ2v) is 7.16. The van der Waals surface area contributed by atoms with Gasteiger partial charge in [-0.2, -0.15) is 0 Å². The first kappa shape index (κ1) is 18.3. The number of fused-ring (bicyclic) bond motifs is 1. The number of nitrogens with one attached hydrogen (secondary N) is 1. The van der Waals surface area contributed by atoms with Crippen LogP contribution in [0.2, 0.25) is 0 Å². The van der Waals surface area contributed by atoms with Crippen LogP contribution in [0.5, 0.6) is 0 Å². The Balaban J connectivity index is 1.40. The molecule has 1 amide bonds. The topological polar surface area (TPSA) is 49.6 Å². The van der Waals surface area contributed by atoms with E-state index in [4.69, 9.17) is 0 Å². The number of nitrogens with zero attached hydrogens (tertiary/aromatic N) is 3. The van der Waals surface area contributed by atoms with Crippen LogP contribution >= 0.6 is 11.8 Å². The Bertz CT molecular complexity index is 801. The number of rotatable bonds is 9. The Morgan fingerprint density at radius 3 is 2.73 bits per heavy atom. The molecule has 1 aromatic carbocycles. The highest BCUT2D eigenvalue weighted by molar-refractivity contribution is 7.99. The number of para-hydroxylation sites is 1. The van der Waals surface area contributed by atoms with Crippen LogP contribution in [0.1, 0.15) is 13.3 Å². The second-order valence-electron chi connectivity index (χ2n) is 6.05. The molecule has 136 valence electrons. The maximum atomic E-state index is 11.8. The number of amides is 1. The van der Waals surface area contributed by atoms with Gasteiger partial charge in [-0.05, 0) is 30.7 Å². The molecule has 0 saturated carbocycles. The zero-order chi connectivity index (χ0) is 18.2. The van der Waals surface area contributed by atoms with E-state index in [1.165, 1.54) is 0 Å². The Morgan fingerprint density at radius 2 is 1.96 bits per heavy atom. The number of imidazole rings is 1. The van der Waals surface area contributed by atoms with Gasteiger partial charge in [0.15, 0.2) is 0 Å². The summed E-state index contributed by atoms with van der Waals surface area (Å²) in [6.07, 6.45) is 5.00. The average molecular weight is 369 g/mol. The highest BCUT2D eigenvalue weighted by Crippen LogP contribution is 2.18. The van der Waals surface area contributed by atoms with Gasteiger partial charge in [-0.15, -0.1) is 11.8 Å². The van der Waals surface area contributed by atoms with Gasteiger partial charge in [0.1, 0.15) is 10.7 Å². The Hall–Kier alpha value is -2.47. The van der Waals surface area contributed by atoms with Crippen LogP contribution in [-0.4, -0.2) is 45.6 Å². The highest BCUT2D eigenvalue weighted by Gasteiger charge is 2.08. The molecule has 0 atom stereocenters. The van der Waals surface area contributed by atoms with Gasteiger partial charge >= 0.3 is 0 Å². The summed E-state index contributed by atoms with van der Waals surface area (Å²) in [5, 5.41) is 4.37. The maximum Gasteiger partial charge on any atom is 0.219 e. The van der Waals surface area contributed by atoms with Crippen molar-refractivity contribution >= 4 is 29.0 Å². The molecule has 2 heterocycles. The van der Waals surface area contributed by atoms with Crippen molar-refractivity contribution in [3.63, 3.8) is 0 Å². The monoisotopic (exact) mass is 368 g/mol. The smallest absolute Gasteiger partial charge is 0.219 e. The summed E-state index contributed by atoms with van der Waals surface area (Å²) in [6, 6.07) is 16.0. The van der Waals surface area contributed by atoms with Crippen molar-refractivity contribution in [3.8, 4) is 0 Å². The normalized spacial score (nSPS) is 10.8. The van der Waals surface area contributed by atoms with Gasteiger partial charge in [-0.3, -0.25) is 4.79 Å². The largest absolute Gasteiger partial charge is 0.383 e. The van der Waals surface area contributed by atoms with Crippen molar-refractivity contribution < 1.29 is 4.79 Å². The van der Waals surface area contributed by atoms with E-state index in [0.717, 1.165) is 41.6 Å². The number of pyridine rings is 1. The molecule has 0 unspecified atom stereocenters. The van der Waals surface area contributed by atoms with E-state index in [-0.39, 0.29) is 5.91 Å².